The molecule has 4 rings (SSSR count). The summed E-state index contributed by atoms with van der Waals surface area (Å²) in [4.78, 5) is 16.3. The number of benzene rings is 1. The molecule has 8 heteroatoms. The Bertz CT molecular complexity index is 964. The lowest BCUT2D eigenvalue weighted by molar-refractivity contribution is 0.371. The van der Waals surface area contributed by atoms with E-state index in [1.165, 1.54) is 13.3 Å². The van der Waals surface area contributed by atoms with Gasteiger partial charge in [-0.05, 0) is 30.9 Å². The predicted molar refractivity (Wildman–Crippen MR) is 97.1 cm³/mol. The molecule has 0 aliphatic heterocycles. The Morgan fingerprint density at radius 2 is 1.93 bits per heavy atom. The number of hydrogen-bond donors (Lipinski definition) is 1. The van der Waals surface area contributed by atoms with E-state index in [0.29, 0.717) is 5.69 Å². The van der Waals surface area contributed by atoms with Crippen LogP contribution in [0, 0.1) is 5.82 Å². The van der Waals surface area contributed by atoms with Crippen LogP contribution in [0.4, 0.5) is 10.2 Å². The van der Waals surface area contributed by atoms with E-state index in [1.807, 2.05) is 6.07 Å². The summed E-state index contributed by atoms with van der Waals surface area (Å²) in [6, 6.07) is 5.31. The number of hydrogen-bond acceptors (Lipinski definition) is 7. The van der Waals surface area contributed by atoms with Gasteiger partial charge in [-0.25, -0.2) is 24.3 Å². The maximum absolute atomic E-state index is 15.4. The largest absolute Gasteiger partial charge is 0.478 e. The zero-order valence-electron chi connectivity index (χ0n) is 14.7. The molecule has 1 aliphatic rings. The molecule has 1 aliphatic carbocycles. The van der Waals surface area contributed by atoms with Gasteiger partial charge >= 0.3 is 6.01 Å². The van der Waals surface area contributed by atoms with Gasteiger partial charge in [-0.15, -0.1) is 0 Å². The Morgan fingerprint density at radius 3 is 2.59 bits per heavy atom. The van der Waals surface area contributed by atoms with Gasteiger partial charge in [-0.2, -0.15) is 0 Å². The van der Waals surface area contributed by atoms with Crippen molar-refractivity contribution in [2.45, 2.75) is 25.2 Å². The molecule has 1 fully saturated rings. The molecule has 27 heavy (non-hydrogen) atoms. The molecule has 0 bridgehead atoms. The van der Waals surface area contributed by atoms with Crippen LogP contribution >= 0.6 is 0 Å². The van der Waals surface area contributed by atoms with E-state index in [4.69, 9.17) is 15.2 Å². The quantitative estimate of drug-likeness (QED) is 0.734. The summed E-state index contributed by atoms with van der Waals surface area (Å²) in [5, 5.41) is 0. The zero-order valence-corrected chi connectivity index (χ0v) is 14.7. The standard InChI is InChI=1S/C19H18FN5O2/c1-26-18-17(21)24-10-14(25-18)13-7-6-12(11-4-2-5-11)16(15(13)20)27-19-22-8-3-9-23-19/h3,6-11H,2,4-5H2,1H3,(H2,21,24). The molecule has 0 amide bonds. The summed E-state index contributed by atoms with van der Waals surface area (Å²) in [6.07, 6.45) is 7.62. The lowest BCUT2D eigenvalue weighted by Crippen LogP contribution is -2.11. The number of nitrogens with zero attached hydrogens (tertiary/aromatic N) is 4. The maximum atomic E-state index is 15.4. The van der Waals surface area contributed by atoms with Gasteiger partial charge in [-0.1, -0.05) is 12.5 Å². The minimum atomic E-state index is -0.534. The molecule has 2 heterocycles. The summed E-state index contributed by atoms with van der Waals surface area (Å²) in [7, 11) is 1.43. The van der Waals surface area contributed by atoms with Crippen LogP contribution in [0.25, 0.3) is 11.3 Å². The molecule has 0 unspecified atom stereocenters. The first-order valence-electron chi connectivity index (χ1n) is 8.61. The van der Waals surface area contributed by atoms with Gasteiger partial charge in [-0.3, -0.25) is 0 Å². The van der Waals surface area contributed by atoms with E-state index in [2.05, 4.69) is 19.9 Å². The average molecular weight is 367 g/mol. The number of nitrogens with two attached hydrogens (primary N) is 1. The second-order valence-electron chi connectivity index (χ2n) is 6.26. The summed E-state index contributed by atoms with van der Waals surface area (Å²) in [5.74, 6) is 0.138. The average Bonchev–Trinajstić information content (AvgIpc) is 2.65. The van der Waals surface area contributed by atoms with Crippen LogP contribution in [0.15, 0.2) is 36.8 Å². The highest BCUT2D eigenvalue weighted by Gasteiger charge is 2.27. The third-order valence-corrected chi connectivity index (χ3v) is 4.64. The van der Waals surface area contributed by atoms with Gasteiger partial charge in [0.05, 0.1) is 19.0 Å². The molecule has 0 atom stereocenters. The molecular formula is C19H18FN5O2. The van der Waals surface area contributed by atoms with Crippen molar-refractivity contribution in [3.63, 3.8) is 0 Å². The van der Waals surface area contributed by atoms with Crippen molar-refractivity contribution in [2.24, 2.45) is 0 Å². The van der Waals surface area contributed by atoms with Crippen LogP contribution in [0.1, 0.15) is 30.7 Å². The molecule has 138 valence electrons. The molecule has 2 N–H and O–H groups in total. The molecule has 2 aromatic heterocycles. The van der Waals surface area contributed by atoms with E-state index in [1.54, 1.807) is 24.5 Å². The van der Waals surface area contributed by atoms with Gasteiger partial charge in [0.2, 0.25) is 0 Å². The Morgan fingerprint density at radius 1 is 1.15 bits per heavy atom. The van der Waals surface area contributed by atoms with Crippen LogP contribution in [0.2, 0.25) is 0 Å². The number of nitrogen functional groups attached to an aromatic ring is 1. The highest BCUT2D eigenvalue weighted by atomic mass is 19.1. The first-order valence-corrected chi connectivity index (χ1v) is 8.61. The molecule has 7 nitrogen and oxygen atoms in total. The third kappa shape index (κ3) is 3.25. The van der Waals surface area contributed by atoms with E-state index >= 15 is 4.39 Å². The van der Waals surface area contributed by atoms with E-state index in [0.717, 1.165) is 24.8 Å². The van der Waals surface area contributed by atoms with Crippen LogP contribution in [-0.4, -0.2) is 27.0 Å². The van der Waals surface area contributed by atoms with Crippen molar-refractivity contribution >= 4 is 5.82 Å². The van der Waals surface area contributed by atoms with Crippen molar-refractivity contribution in [2.75, 3.05) is 12.8 Å². The monoisotopic (exact) mass is 367 g/mol. The number of anilines is 1. The van der Waals surface area contributed by atoms with Crippen molar-refractivity contribution in [1.29, 1.82) is 0 Å². The molecular weight excluding hydrogens is 349 g/mol. The maximum Gasteiger partial charge on any atom is 0.321 e. The van der Waals surface area contributed by atoms with Gasteiger partial charge < -0.3 is 15.2 Å². The normalized spacial score (nSPS) is 13.9. The fourth-order valence-corrected chi connectivity index (χ4v) is 3.00. The molecule has 1 saturated carbocycles. The lowest BCUT2D eigenvalue weighted by atomic mass is 9.79. The SMILES string of the molecule is COc1nc(-c2ccc(C3CCC3)c(Oc3ncccn3)c2F)cnc1N. The topological polar surface area (TPSA) is 96.0 Å². The summed E-state index contributed by atoms with van der Waals surface area (Å²) >= 11 is 0. The first-order chi connectivity index (χ1) is 13.2. The second-order valence-corrected chi connectivity index (χ2v) is 6.26. The van der Waals surface area contributed by atoms with Crippen LogP contribution in [0.5, 0.6) is 17.6 Å². The number of methoxy groups -OCH3 is 1. The highest BCUT2D eigenvalue weighted by Crippen LogP contribution is 2.44. The van der Waals surface area contributed by atoms with E-state index in [-0.39, 0.29) is 34.9 Å². The Labute approximate surface area is 155 Å². The molecule has 0 radical (unpaired) electrons. The van der Waals surface area contributed by atoms with Crippen LogP contribution in [-0.2, 0) is 0 Å². The molecule has 0 spiro atoms. The Kier molecular flexibility index (Phi) is 4.53. The zero-order chi connectivity index (χ0) is 18.8. The number of ether oxygens (including phenoxy) is 2. The smallest absolute Gasteiger partial charge is 0.321 e. The fourth-order valence-electron chi connectivity index (χ4n) is 3.00. The third-order valence-electron chi connectivity index (χ3n) is 4.64. The van der Waals surface area contributed by atoms with Crippen molar-refractivity contribution in [3.8, 4) is 28.9 Å². The van der Waals surface area contributed by atoms with E-state index in [9.17, 15) is 0 Å². The van der Waals surface area contributed by atoms with Crippen molar-refractivity contribution in [3.05, 3.63) is 48.2 Å². The minimum absolute atomic E-state index is 0.0927. The van der Waals surface area contributed by atoms with Crippen molar-refractivity contribution < 1.29 is 13.9 Å². The summed E-state index contributed by atoms with van der Waals surface area (Å²) in [6.45, 7) is 0. The van der Waals surface area contributed by atoms with Crippen LogP contribution < -0.4 is 15.2 Å². The van der Waals surface area contributed by atoms with Gasteiger partial charge in [0, 0.05) is 23.5 Å². The number of aromatic nitrogens is 4. The minimum Gasteiger partial charge on any atom is -0.478 e. The number of rotatable bonds is 5. The van der Waals surface area contributed by atoms with E-state index < -0.39 is 5.82 Å². The van der Waals surface area contributed by atoms with Gasteiger partial charge in [0.1, 0.15) is 0 Å². The van der Waals surface area contributed by atoms with Gasteiger partial charge in [0.25, 0.3) is 5.88 Å². The van der Waals surface area contributed by atoms with Gasteiger partial charge in [0.15, 0.2) is 17.4 Å². The number of halogens is 1. The van der Waals surface area contributed by atoms with Crippen molar-refractivity contribution in [1.82, 2.24) is 19.9 Å². The molecule has 1 aromatic carbocycles. The highest BCUT2D eigenvalue weighted by molar-refractivity contribution is 5.65. The summed E-state index contributed by atoms with van der Waals surface area (Å²) < 4.78 is 26.3. The fraction of sp³-hybridized carbons (Fsp3) is 0.263. The second kappa shape index (κ2) is 7.14. The Balaban J connectivity index is 1.81. The molecule has 3 aromatic rings. The van der Waals surface area contributed by atoms with Crippen LogP contribution in [0.3, 0.4) is 0 Å². The lowest BCUT2D eigenvalue weighted by Gasteiger charge is -2.28. The molecule has 0 saturated heterocycles. The Hall–Kier alpha value is -3.29. The summed E-state index contributed by atoms with van der Waals surface area (Å²) in [5.41, 5.74) is 7.06. The first kappa shape index (κ1) is 17.1. The predicted octanol–water partition coefficient (Wildman–Crippen LogP) is 3.72.